The van der Waals surface area contributed by atoms with Crippen molar-refractivity contribution in [2.24, 2.45) is 23.5 Å². The van der Waals surface area contributed by atoms with Gasteiger partial charge in [0.25, 0.3) is 5.91 Å². The number of nitrogens with two attached hydrogens (primary N) is 1. The van der Waals surface area contributed by atoms with E-state index in [-0.39, 0.29) is 131 Å². The minimum Gasteiger partial charge on any atom is -0.352 e. The van der Waals surface area contributed by atoms with E-state index in [1.807, 2.05) is 63.2 Å². The average molecular weight is 1160 g/mol. The third kappa shape index (κ3) is 23.7. The largest absolute Gasteiger partial charge is 0.352 e. The van der Waals surface area contributed by atoms with E-state index >= 15 is 0 Å². The van der Waals surface area contributed by atoms with Gasteiger partial charge < -0.3 is 51.9 Å². The van der Waals surface area contributed by atoms with Crippen LogP contribution in [0.5, 0.6) is 0 Å². The highest BCUT2D eigenvalue weighted by molar-refractivity contribution is 7.98. The summed E-state index contributed by atoms with van der Waals surface area (Å²) >= 11 is 1.54. The molecule has 5 aliphatic rings. The molecule has 452 valence electrons. The second-order valence-corrected chi connectivity index (χ2v) is 25.2. The van der Waals surface area contributed by atoms with Crippen molar-refractivity contribution < 1.29 is 43.2 Å². The summed E-state index contributed by atoms with van der Waals surface area (Å²) < 4.78 is 0. The first kappa shape index (κ1) is 65.1. The summed E-state index contributed by atoms with van der Waals surface area (Å²) in [5.74, 6) is -1.17. The predicted octanol–water partition coefficient (Wildman–Crippen LogP) is 5.09. The molecule has 2 aromatic carbocycles. The van der Waals surface area contributed by atoms with Gasteiger partial charge in [-0.3, -0.25) is 43.2 Å². The van der Waals surface area contributed by atoms with E-state index in [1.54, 1.807) is 19.1 Å². The number of fused-ring (bicyclic) bond motifs is 25. The number of unbranched alkanes of at least 4 members (excludes halogenated alkanes) is 1. The smallest absolute Gasteiger partial charge is 0.251 e. The van der Waals surface area contributed by atoms with Gasteiger partial charge in [0.15, 0.2) is 0 Å². The molecule has 5 unspecified atom stereocenters. The Hall–Kier alpha value is -6.02. The molecular formula is C62H94N10O9S. The zero-order chi connectivity index (χ0) is 59.0. The van der Waals surface area contributed by atoms with E-state index in [9.17, 15) is 43.2 Å². The van der Waals surface area contributed by atoms with Crippen molar-refractivity contribution in [3.05, 3.63) is 71.3 Å². The number of thioether (sulfide) groups is 1. The van der Waals surface area contributed by atoms with Crippen LogP contribution in [0.15, 0.2) is 54.6 Å². The Balaban J connectivity index is 1.29. The fourth-order valence-electron chi connectivity index (χ4n) is 11.5. The molecule has 2 aromatic rings. The standard InChI is InChI=1S/C62H94N10O9S/c1-43(2)31-52-36-72(61(80)33-48-18-19-48)41-55(74)66-51(17-11-12-29-63)35-70(59(78)27-23-47-15-9-6-10-16-47)40-57(76)68-53-32-44(3)64-54(73)38-71(37-53)60(79)28-30-82-42-49-20-24-50(25-21-49)62(81)65-45(4)34-69(39-56(75)67-52)58(77)26-22-46-13-7-5-8-14-46/h5,7-8,13-14,20-21,24-25,43-45,47-48,51-53H,6,9-12,15-19,22-23,26-42,63H2,1-4H3,(H,64,73)(H,65,81)(H,66,74)(H,67,75)(H,68,76). The maximum atomic E-state index is 14.5. The third-order valence-corrected chi connectivity index (χ3v) is 16.9. The molecule has 3 heterocycles. The molecule has 82 heavy (non-hydrogen) atoms. The summed E-state index contributed by atoms with van der Waals surface area (Å²) in [6.07, 6.45) is 11.8. The van der Waals surface area contributed by atoms with E-state index < -0.39 is 41.9 Å². The van der Waals surface area contributed by atoms with Gasteiger partial charge in [-0.25, -0.2) is 0 Å². The van der Waals surface area contributed by atoms with Crippen LogP contribution in [0.4, 0.5) is 0 Å². The topological polar surface area (TPSA) is 253 Å². The van der Waals surface area contributed by atoms with E-state index in [1.165, 1.54) is 37.8 Å². The lowest BCUT2D eigenvalue weighted by atomic mass is 9.86. The third-order valence-electron chi connectivity index (χ3n) is 15.9. The van der Waals surface area contributed by atoms with E-state index in [0.29, 0.717) is 74.5 Å². The molecule has 4 bridgehead atoms. The summed E-state index contributed by atoms with van der Waals surface area (Å²) in [4.78, 5) is 132. The normalized spacial score (nSPS) is 23.5. The molecule has 3 aliphatic heterocycles. The quantitative estimate of drug-likeness (QED) is 0.107. The zero-order valence-corrected chi connectivity index (χ0v) is 50.1. The SMILES string of the molecule is CC(C)CC1CN(C(=O)CC2CC2)CC(=O)NC(CCCCN)CN(C(=O)CCC2CCCCC2)CC(=O)NC2CC(C)NC(=O)CN(C2)C(=O)CCSCc2ccc(cc2)C(=O)NC(C)CN(C(=O)CCc2ccccc2)CC(=O)N1. The Kier molecular flexibility index (Phi) is 27.0. The van der Waals surface area contributed by atoms with Crippen LogP contribution in [0.1, 0.15) is 158 Å². The number of hydrogen-bond donors (Lipinski definition) is 6. The molecule has 2 aliphatic carbocycles. The van der Waals surface area contributed by atoms with Crippen molar-refractivity contribution in [3.8, 4) is 0 Å². The molecule has 0 spiro atoms. The molecule has 9 amide bonds. The molecule has 19 nitrogen and oxygen atoms in total. The summed E-state index contributed by atoms with van der Waals surface area (Å²) in [6.45, 7) is 7.21. The Bertz CT molecular complexity index is 2420. The second-order valence-electron chi connectivity index (χ2n) is 24.1. The van der Waals surface area contributed by atoms with Crippen molar-refractivity contribution in [1.29, 1.82) is 0 Å². The highest BCUT2D eigenvalue weighted by atomic mass is 32.2. The highest BCUT2D eigenvalue weighted by Crippen LogP contribution is 2.33. The molecule has 7 N–H and O–H groups in total. The summed E-state index contributed by atoms with van der Waals surface area (Å²) in [5.41, 5.74) is 8.28. The first-order chi connectivity index (χ1) is 39.4. The van der Waals surface area contributed by atoms with Gasteiger partial charge in [-0.15, -0.1) is 0 Å². The van der Waals surface area contributed by atoms with E-state index in [2.05, 4.69) is 26.6 Å². The average Bonchev–Trinajstić information content (AvgIpc) is 4.34. The maximum absolute atomic E-state index is 14.5. The molecular weight excluding hydrogens is 1060 g/mol. The van der Waals surface area contributed by atoms with E-state index in [4.69, 9.17) is 5.73 Å². The van der Waals surface area contributed by atoms with Gasteiger partial charge in [0, 0.05) is 99.1 Å². The van der Waals surface area contributed by atoms with Crippen molar-refractivity contribution in [3.63, 3.8) is 0 Å². The second kappa shape index (κ2) is 33.9. The number of benzene rings is 2. The lowest BCUT2D eigenvalue weighted by Crippen LogP contribution is -2.56. The number of rotatable bonds is 14. The van der Waals surface area contributed by atoms with E-state index in [0.717, 1.165) is 49.7 Å². The number of hydrogen-bond acceptors (Lipinski definition) is 11. The van der Waals surface area contributed by atoms with Crippen LogP contribution in [0.2, 0.25) is 0 Å². The van der Waals surface area contributed by atoms with Crippen LogP contribution < -0.4 is 32.3 Å². The molecule has 3 fully saturated rings. The number of amides is 9. The van der Waals surface area contributed by atoms with Crippen LogP contribution in [0, 0.1) is 17.8 Å². The van der Waals surface area contributed by atoms with Crippen molar-refractivity contribution in [2.75, 3.05) is 64.7 Å². The Morgan fingerprint density at radius 3 is 1.91 bits per heavy atom. The zero-order valence-electron chi connectivity index (χ0n) is 49.3. The Morgan fingerprint density at radius 1 is 0.622 bits per heavy atom. The molecule has 2 saturated carbocycles. The van der Waals surface area contributed by atoms with Crippen LogP contribution >= 0.6 is 11.8 Å². The predicted molar refractivity (Wildman–Crippen MR) is 319 cm³/mol. The fourth-order valence-corrected chi connectivity index (χ4v) is 12.4. The Labute approximate surface area is 490 Å². The maximum Gasteiger partial charge on any atom is 0.251 e. The van der Waals surface area contributed by atoms with Gasteiger partial charge in [-0.1, -0.05) is 94.8 Å². The minimum absolute atomic E-state index is 0.0295. The number of nitrogens with one attached hydrogen (secondary N) is 5. The number of carbonyl (C=O) groups is 9. The molecule has 0 aromatic heterocycles. The minimum atomic E-state index is -0.606. The molecule has 5 atom stereocenters. The summed E-state index contributed by atoms with van der Waals surface area (Å²) in [5, 5.41) is 15.3. The number of carbonyl (C=O) groups excluding carboxylic acids is 9. The number of nitrogens with zero attached hydrogens (tertiary/aromatic N) is 4. The van der Waals surface area contributed by atoms with Gasteiger partial charge >= 0.3 is 0 Å². The summed E-state index contributed by atoms with van der Waals surface area (Å²) in [7, 11) is 0. The van der Waals surface area contributed by atoms with Gasteiger partial charge in [0.2, 0.25) is 47.3 Å². The van der Waals surface area contributed by atoms with Crippen molar-refractivity contribution in [2.45, 2.75) is 179 Å². The lowest BCUT2D eigenvalue weighted by molar-refractivity contribution is -0.139. The molecule has 7 rings (SSSR count). The fraction of sp³-hybridized carbons (Fsp3) is 0.661. The first-order valence-corrected chi connectivity index (χ1v) is 31.5. The van der Waals surface area contributed by atoms with Crippen molar-refractivity contribution >= 4 is 64.9 Å². The molecule has 20 heteroatoms. The van der Waals surface area contributed by atoms with Crippen LogP contribution in [0.25, 0.3) is 0 Å². The monoisotopic (exact) mass is 1150 g/mol. The number of aryl methyl sites for hydroxylation is 1. The van der Waals surface area contributed by atoms with Crippen LogP contribution in [-0.4, -0.2) is 168 Å². The van der Waals surface area contributed by atoms with Crippen molar-refractivity contribution in [1.82, 2.24) is 46.2 Å². The van der Waals surface area contributed by atoms with Gasteiger partial charge in [0.05, 0.1) is 26.2 Å². The van der Waals surface area contributed by atoms with Crippen LogP contribution in [0.3, 0.4) is 0 Å². The van der Waals surface area contributed by atoms with Gasteiger partial charge in [-0.2, -0.15) is 11.8 Å². The van der Waals surface area contributed by atoms with Gasteiger partial charge in [0.1, 0.15) is 0 Å². The highest BCUT2D eigenvalue weighted by Gasteiger charge is 2.33. The summed E-state index contributed by atoms with van der Waals surface area (Å²) in [6, 6.07) is 14.2. The van der Waals surface area contributed by atoms with Gasteiger partial charge in [-0.05, 0) is 113 Å². The molecule has 0 radical (unpaired) electrons. The molecule has 1 saturated heterocycles. The Morgan fingerprint density at radius 2 is 1.24 bits per heavy atom. The van der Waals surface area contributed by atoms with Crippen LogP contribution in [-0.2, 0) is 50.5 Å². The lowest BCUT2D eigenvalue weighted by Gasteiger charge is -2.34. The first-order valence-electron chi connectivity index (χ1n) is 30.4.